The lowest BCUT2D eigenvalue weighted by molar-refractivity contribution is 0.0949. The van der Waals surface area contributed by atoms with E-state index in [2.05, 4.69) is 32.6 Å². The molecule has 3 heterocycles. The molecule has 0 saturated heterocycles. The van der Waals surface area contributed by atoms with Crippen LogP contribution in [-0.4, -0.2) is 30.6 Å². The maximum atomic E-state index is 12.6. The van der Waals surface area contributed by atoms with Crippen LogP contribution < -0.4 is 5.32 Å². The molecular weight excluding hydrogens is 368 g/mol. The lowest BCUT2D eigenvalue weighted by Gasteiger charge is -2.08. The molecule has 0 spiro atoms. The Kier molecular flexibility index (Phi) is 5.07. The molecule has 8 nitrogen and oxygen atoms in total. The molecule has 148 valence electrons. The summed E-state index contributed by atoms with van der Waals surface area (Å²) in [6.45, 7) is 6.20. The SMILES string of the molecule is CCCc1noc(-c2cccn3c(CNC(=O)c4cc(C)ccc4C)nnc23)n1. The molecule has 29 heavy (non-hydrogen) atoms. The van der Waals surface area contributed by atoms with E-state index in [0.717, 1.165) is 24.0 Å². The zero-order chi connectivity index (χ0) is 20.4. The molecule has 0 fully saturated rings. The third-order valence-electron chi connectivity index (χ3n) is 4.72. The van der Waals surface area contributed by atoms with Gasteiger partial charge in [0, 0.05) is 18.2 Å². The van der Waals surface area contributed by atoms with Gasteiger partial charge in [0.1, 0.15) is 0 Å². The first-order valence-electron chi connectivity index (χ1n) is 9.58. The van der Waals surface area contributed by atoms with Crippen molar-refractivity contribution in [1.82, 2.24) is 30.1 Å². The van der Waals surface area contributed by atoms with E-state index in [9.17, 15) is 4.79 Å². The first-order valence-corrected chi connectivity index (χ1v) is 9.58. The second-order valence-electron chi connectivity index (χ2n) is 7.00. The van der Waals surface area contributed by atoms with Crippen LogP contribution in [0.25, 0.3) is 17.1 Å². The Morgan fingerprint density at radius 3 is 2.90 bits per heavy atom. The van der Waals surface area contributed by atoms with E-state index in [1.807, 2.05) is 54.8 Å². The molecule has 0 aliphatic heterocycles. The molecule has 0 saturated carbocycles. The van der Waals surface area contributed by atoms with E-state index < -0.39 is 0 Å². The molecule has 3 aromatic heterocycles. The molecule has 0 bridgehead atoms. The lowest BCUT2D eigenvalue weighted by atomic mass is 10.1. The summed E-state index contributed by atoms with van der Waals surface area (Å²) in [6, 6.07) is 9.55. The number of hydrogen-bond donors (Lipinski definition) is 1. The number of nitrogens with one attached hydrogen (secondary N) is 1. The predicted molar refractivity (Wildman–Crippen MR) is 107 cm³/mol. The van der Waals surface area contributed by atoms with Crippen LogP contribution in [0.15, 0.2) is 41.1 Å². The highest BCUT2D eigenvalue weighted by molar-refractivity contribution is 5.95. The van der Waals surface area contributed by atoms with Gasteiger partial charge >= 0.3 is 0 Å². The van der Waals surface area contributed by atoms with Gasteiger partial charge in [0.05, 0.1) is 12.1 Å². The molecular formula is C21H22N6O2. The number of aromatic nitrogens is 5. The number of fused-ring (bicyclic) bond motifs is 1. The van der Waals surface area contributed by atoms with Gasteiger partial charge in [-0.15, -0.1) is 10.2 Å². The monoisotopic (exact) mass is 390 g/mol. The van der Waals surface area contributed by atoms with Gasteiger partial charge in [0.15, 0.2) is 17.3 Å². The van der Waals surface area contributed by atoms with Crippen LogP contribution in [0.1, 0.15) is 46.5 Å². The number of aryl methyl sites for hydroxylation is 3. The number of nitrogens with zero attached hydrogens (tertiary/aromatic N) is 5. The molecule has 0 atom stereocenters. The summed E-state index contributed by atoms with van der Waals surface area (Å²) in [4.78, 5) is 17.0. The van der Waals surface area contributed by atoms with Gasteiger partial charge in [-0.2, -0.15) is 4.98 Å². The van der Waals surface area contributed by atoms with Gasteiger partial charge in [-0.25, -0.2) is 0 Å². The minimum Gasteiger partial charge on any atom is -0.345 e. The zero-order valence-corrected chi connectivity index (χ0v) is 16.6. The molecule has 4 rings (SSSR count). The van der Waals surface area contributed by atoms with Gasteiger partial charge in [-0.05, 0) is 44.0 Å². The summed E-state index contributed by atoms with van der Waals surface area (Å²) in [7, 11) is 0. The molecule has 1 N–H and O–H groups in total. The molecule has 1 amide bonds. The van der Waals surface area contributed by atoms with Crippen molar-refractivity contribution in [3.63, 3.8) is 0 Å². The summed E-state index contributed by atoms with van der Waals surface area (Å²) >= 11 is 0. The van der Waals surface area contributed by atoms with Crippen LogP contribution >= 0.6 is 0 Å². The highest BCUT2D eigenvalue weighted by atomic mass is 16.5. The van der Waals surface area contributed by atoms with Crippen molar-refractivity contribution in [3.05, 3.63) is 64.9 Å². The Bertz CT molecular complexity index is 1180. The van der Waals surface area contributed by atoms with Crippen LogP contribution in [-0.2, 0) is 13.0 Å². The first kappa shape index (κ1) is 18.8. The average molecular weight is 390 g/mol. The fraction of sp³-hybridized carbons (Fsp3) is 0.286. The molecule has 8 heteroatoms. The van der Waals surface area contributed by atoms with Gasteiger partial charge in [-0.1, -0.05) is 29.8 Å². The number of rotatable bonds is 6. The standard InChI is InChI=1S/C21H22N6O2/c1-4-6-17-23-21(29-26-17)15-7-5-10-27-18(24-25-19(15)27)12-22-20(28)16-11-13(2)8-9-14(16)3/h5,7-11H,4,6,12H2,1-3H3,(H,22,28). The van der Waals surface area contributed by atoms with Gasteiger partial charge < -0.3 is 9.84 Å². The number of hydrogen-bond acceptors (Lipinski definition) is 6. The summed E-state index contributed by atoms with van der Waals surface area (Å²) < 4.78 is 7.21. The number of carbonyl (C=O) groups is 1. The minimum absolute atomic E-state index is 0.139. The smallest absolute Gasteiger partial charge is 0.261 e. The van der Waals surface area contributed by atoms with Crippen LogP contribution in [0.4, 0.5) is 0 Å². The summed E-state index contributed by atoms with van der Waals surface area (Å²) in [5, 5.41) is 15.4. The second-order valence-corrected chi connectivity index (χ2v) is 7.00. The van der Waals surface area contributed by atoms with Gasteiger partial charge in [-0.3, -0.25) is 9.20 Å². The van der Waals surface area contributed by atoms with E-state index in [1.165, 1.54) is 0 Å². The Morgan fingerprint density at radius 1 is 1.21 bits per heavy atom. The molecule has 1 aromatic carbocycles. The quantitative estimate of drug-likeness (QED) is 0.542. The third-order valence-corrected chi connectivity index (χ3v) is 4.72. The largest absolute Gasteiger partial charge is 0.345 e. The Labute approximate surface area is 168 Å². The Hall–Kier alpha value is -3.55. The Morgan fingerprint density at radius 2 is 2.07 bits per heavy atom. The first-order chi connectivity index (χ1) is 14.1. The number of amides is 1. The van der Waals surface area contributed by atoms with Crippen molar-refractivity contribution in [2.45, 2.75) is 40.2 Å². The molecule has 0 aliphatic rings. The average Bonchev–Trinajstić information content (AvgIpc) is 3.35. The third kappa shape index (κ3) is 3.73. The second kappa shape index (κ2) is 7.83. The topological polar surface area (TPSA) is 98.2 Å². The highest BCUT2D eigenvalue weighted by Gasteiger charge is 2.17. The molecule has 0 unspecified atom stereocenters. The van der Waals surface area contributed by atoms with E-state index >= 15 is 0 Å². The van der Waals surface area contributed by atoms with Crippen LogP contribution in [0.3, 0.4) is 0 Å². The van der Waals surface area contributed by atoms with Crippen LogP contribution in [0, 0.1) is 13.8 Å². The lowest BCUT2D eigenvalue weighted by Crippen LogP contribution is -2.24. The normalized spacial score (nSPS) is 11.1. The number of carbonyl (C=O) groups excluding carboxylic acids is 1. The van der Waals surface area contributed by atoms with Gasteiger partial charge in [0.2, 0.25) is 0 Å². The number of pyridine rings is 1. The summed E-state index contributed by atoms with van der Waals surface area (Å²) in [6.07, 6.45) is 3.55. The van der Waals surface area contributed by atoms with E-state index in [4.69, 9.17) is 4.52 Å². The fourth-order valence-electron chi connectivity index (χ4n) is 3.17. The number of benzene rings is 1. The minimum atomic E-state index is -0.139. The van der Waals surface area contributed by atoms with Crippen molar-refractivity contribution in [3.8, 4) is 11.5 Å². The predicted octanol–water partition coefficient (Wildman–Crippen LogP) is 3.28. The summed E-state index contributed by atoms with van der Waals surface area (Å²) in [5.74, 6) is 1.57. The fourth-order valence-corrected chi connectivity index (χ4v) is 3.17. The molecule has 0 aliphatic carbocycles. The van der Waals surface area contributed by atoms with Crippen molar-refractivity contribution in [1.29, 1.82) is 0 Å². The van der Waals surface area contributed by atoms with Crippen LogP contribution in [0.2, 0.25) is 0 Å². The van der Waals surface area contributed by atoms with E-state index in [0.29, 0.717) is 34.3 Å². The van der Waals surface area contributed by atoms with Crippen molar-refractivity contribution >= 4 is 11.6 Å². The maximum Gasteiger partial charge on any atom is 0.261 e. The van der Waals surface area contributed by atoms with Crippen molar-refractivity contribution < 1.29 is 9.32 Å². The maximum absolute atomic E-state index is 12.6. The van der Waals surface area contributed by atoms with E-state index in [-0.39, 0.29) is 12.5 Å². The van der Waals surface area contributed by atoms with E-state index in [1.54, 1.807) is 0 Å². The van der Waals surface area contributed by atoms with Crippen LogP contribution in [0.5, 0.6) is 0 Å². The zero-order valence-electron chi connectivity index (χ0n) is 16.6. The van der Waals surface area contributed by atoms with Crippen molar-refractivity contribution in [2.24, 2.45) is 0 Å². The highest BCUT2D eigenvalue weighted by Crippen LogP contribution is 2.22. The van der Waals surface area contributed by atoms with Gasteiger partial charge in [0.25, 0.3) is 11.8 Å². The summed E-state index contributed by atoms with van der Waals surface area (Å²) in [5.41, 5.74) is 3.95. The Balaban J connectivity index is 1.58. The molecule has 0 radical (unpaired) electrons. The van der Waals surface area contributed by atoms with Crippen molar-refractivity contribution in [2.75, 3.05) is 0 Å². The molecule has 4 aromatic rings.